The molecule has 0 radical (unpaired) electrons. The fraction of sp³-hybridized carbons (Fsp3) is 0.529. The second-order valence-corrected chi connectivity index (χ2v) is 6.28. The van der Waals surface area contributed by atoms with Crippen molar-refractivity contribution in [2.75, 3.05) is 26.3 Å². The van der Waals surface area contributed by atoms with Crippen LogP contribution in [0.25, 0.3) is 0 Å². The number of hydrogen-bond donors (Lipinski definition) is 0. The molecule has 4 rings (SSSR count). The van der Waals surface area contributed by atoms with E-state index in [0.29, 0.717) is 56.8 Å². The lowest BCUT2D eigenvalue weighted by atomic mass is 10.0. The molecule has 1 aromatic rings. The number of carbonyl (C=O) groups excluding carboxylic acids is 1. The molecule has 3 heterocycles. The van der Waals surface area contributed by atoms with Crippen molar-refractivity contribution in [1.82, 2.24) is 4.90 Å². The molecule has 24 heavy (non-hydrogen) atoms. The van der Waals surface area contributed by atoms with Gasteiger partial charge in [0.1, 0.15) is 5.82 Å². The van der Waals surface area contributed by atoms with Gasteiger partial charge in [-0.05, 0) is 12.1 Å². The maximum Gasteiger partial charge on any atom is 0.266 e. The number of nitrogens with zero attached hydrogens (tertiary/aromatic N) is 2. The average Bonchev–Trinajstić information content (AvgIpc) is 3.25. The minimum Gasteiger partial charge on any atom is -0.382 e. The Labute approximate surface area is 139 Å². The van der Waals surface area contributed by atoms with Crippen molar-refractivity contribution in [3.8, 4) is 0 Å². The van der Waals surface area contributed by atoms with E-state index in [-0.39, 0.29) is 11.7 Å². The van der Waals surface area contributed by atoms with Crippen LogP contribution in [-0.2, 0) is 19.1 Å². The third kappa shape index (κ3) is 2.89. The minimum atomic E-state index is -0.636. The number of oxime groups is 1. The summed E-state index contributed by atoms with van der Waals surface area (Å²) in [5.41, 5.74) is 1.25. The van der Waals surface area contributed by atoms with Gasteiger partial charge >= 0.3 is 0 Å². The maximum absolute atomic E-state index is 13.3. The summed E-state index contributed by atoms with van der Waals surface area (Å²) in [5, 5.41) is 3.97. The first-order chi connectivity index (χ1) is 11.7. The highest BCUT2D eigenvalue weighted by Gasteiger charge is 2.42. The standard InChI is InChI=1S/C17H19FN2O4/c18-13-3-1-2-12(10-13)14-11-15(24-19-14)16(21)20-6-4-17(5-7-20)22-8-9-23-17/h1-3,10,15H,4-9,11H2/t15-/m1/s1. The second kappa shape index (κ2) is 6.14. The van der Waals surface area contributed by atoms with Crippen LogP contribution in [0, 0.1) is 5.82 Å². The molecule has 6 nitrogen and oxygen atoms in total. The van der Waals surface area contributed by atoms with Gasteiger partial charge in [-0.1, -0.05) is 17.3 Å². The number of amides is 1. The Morgan fingerprint density at radius 1 is 1.25 bits per heavy atom. The van der Waals surface area contributed by atoms with Crippen LogP contribution < -0.4 is 0 Å². The van der Waals surface area contributed by atoms with Crippen LogP contribution in [0.4, 0.5) is 4.39 Å². The van der Waals surface area contributed by atoms with E-state index in [2.05, 4.69) is 5.16 Å². The van der Waals surface area contributed by atoms with Crippen LogP contribution in [0.15, 0.2) is 29.4 Å². The van der Waals surface area contributed by atoms with Crippen LogP contribution in [-0.4, -0.2) is 54.7 Å². The Kier molecular flexibility index (Phi) is 3.97. The molecule has 1 atom stereocenters. The van der Waals surface area contributed by atoms with E-state index in [1.54, 1.807) is 17.0 Å². The fourth-order valence-corrected chi connectivity index (χ4v) is 3.41. The van der Waals surface area contributed by atoms with E-state index < -0.39 is 11.9 Å². The largest absolute Gasteiger partial charge is 0.382 e. The summed E-state index contributed by atoms with van der Waals surface area (Å²) in [4.78, 5) is 19.7. The van der Waals surface area contributed by atoms with Crippen molar-refractivity contribution in [2.45, 2.75) is 31.2 Å². The molecule has 7 heteroatoms. The van der Waals surface area contributed by atoms with Gasteiger partial charge in [-0.2, -0.15) is 0 Å². The highest BCUT2D eigenvalue weighted by molar-refractivity contribution is 6.04. The minimum absolute atomic E-state index is 0.0852. The van der Waals surface area contributed by atoms with Crippen LogP contribution in [0.1, 0.15) is 24.8 Å². The summed E-state index contributed by atoms with van der Waals surface area (Å²) < 4.78 is 24.7. The molecule has 3 aliphatic heterocycles. The monoisotopic (exact) mass is 334 g/mol. The number of piperidine rings is 1. The fourth-order valence-electron chi connectivity index (χ4n) is 3.41. The van der Waals surface area contributed by atoms with Gasteiger partial charge in [0.05, 0.1) is 18.9 Å². The predicted molar refractivity (Wildman–Crippen MR) is 82.9 cm³/mol. The average molecular weight is 334 g/mol. The molecule has 128 valence electrons. The number of carbonyl (C=O) groups is 1. The number of likely N-dealkylation sites (tertiary alicyclic amines) is 1. The molecular weight excluding hydrogens is 315 g/mol. The first-order valence-electron chi connectivity index (χ1n) is 8.21. The zero-order valence-electron chi connectivity index (χ0n) is 13.2. The third-order valence-electron chi connectivity index (χ3n) is 4.75. The summed E-state index contributed by atoms with van der Waals surface area (Å²) in [5.74, 6) is -0.919. The second-order valence-electron chi connectivity index (χ2n) is 6.28. The molecule has 0 N–H and O–H groups in total. The molecule has 0 saturated carbocycles. The number of hydrogen-bond acceptors (Lipinski definition) is 5. The van der Waals surface area contributed by atoms with E-state index in [0.717, 1.165) is 0 Å². The van der Waals surface area contributed by atoms with Gasteiger partial charge in [0.25, 0.3) is 5.91 Å². The summed E-state index contributed by atoms with van der Waals surface area (Å²) in [6.07, 6.45) is 1.06. The molecule has 0 aromatic heterocycles. The molecule has 2 fully saturated rings. The van der Waals surface area contributed by atoms with Crippen molar-refractivity contribution in [1.29, 1.82) is 0 Å². The summed E-state index contributed by atoms with van der Waals surface area (Å²) in [6, 6.07) is 6.15. The van der Waals surface area contributed by atoms with Gasteiger partial charge in [0.15, 0.2) is 5.79 Å². The number of rotatable bonds is 2. The van der Waals surface area contributed by atoms with E-state index in [1.165, 1.54) is 12.1 Å². The zero-order valence-corrected chi connectivity index (χ0v) is 13.2. The predicted octanol–water partition coefficient (Wildman–Crippen LogP) is 1.68. The SMILES string of the molecule is O=C([C@H]1CC(c2cccc(F)c2)=NO1)N1CCC2(CC1)OCCO2. The molecule has 1 amide bonds. The number of halogens is 1. The normalized spacial score (nSPS) is 25.6. The maximum atomic E-state index is 13.3. The first kappa shape index (κ1) is 15.5. The molecule has 1 aromatic carbocycles. The zero-order chi connectivity index (χ0) is 16.6. The van der Waals surface area contributed by atoms with Crippen LogP contribution >= 0.6 is 0 Å². The van der Waals surface area contributed by atoms with Crippen molar-refractivity contribution >= 4 is 11.6 Å². The van der Waals surface area contributed by atoms with Gasteiger partial charge in [-0.15, -0.1) is 0 Å². The van der Waals surface area contributed by atoms with Crippen molar-refractivity contribution in [3.05, 3.63) is 35.6 Å². The Balaban J connectivity index is 1.35. The van der Waals surface area contributed by atoms with Crippen LogP contribution in [0.2, 0.25) is 0 Å². The Morgan fingerprint density at radius 3 is 2.71 bits per heavy atom. The Morgan fingerprint density at radius 2 is 2.00 bits per heavy atom. The van der Waals surface area contributed by atoms with Crippen LogP contribution in [0.3, 0.4) is 0 Å². The molecule has 0 aliphatic carbocycles. The van der Waals surface area contributed by atoms with E-state index in [9.17, 15) is 9.18 Å². The summed E-state index contributed by atoms with van der Waals surface area (Å²) in [7, 11) is 0. The molecular formula is C17H19FN2O4. The highest BCUT2D eigenvalue weighted by Crippen LogP contribution is 2.32. The van der Waals surface area contributed by atoms with E-state index in [4.69, 9.17) is 14.3 Å². The lowest BCUT2D eigenvalue weighted by molar-refractivity contribution is -0.189. The van der Waals surface area contributed by atoms with Crippen molar-refractivity contribution in [2.24, 2.45) is 5.16 Å². The van der Waals surface area contributed by atoms with Gasteiger partial charge in [0, 0.05) is 37.9 Å². The summed E-state index contributed by atoms with van der Waals surface area (Å²) >= 11 is 0. The first-order valence-corrected chi connectivity index (χ1v) is 8.21. The third-order valence-corrected chi connectivity index (χ3v) is 4.75. The number of benzene rings is 1. The van der Waals surface area contributed by atoms with Gasteiger partial charge in [-0.25, -0.2) is 4.39 Å². The molecule has 1 spiro atoms. The van der Waals surface area contributed by atoms with E-state index in [1.807, 2.05) is 0 Å². The number of ether oxygens (including phenoxy) is 2. The Bertz CT molecular complexity index is 662. The quantitative estimate of drug-likeness (QED) is 0.826. The lowest BCUT2D eigenvalue weighted by Crippen LogP contribution is -2.50. The molecule has 3 aliphatic rings. The van der Waals surface area contributed by atoms with Crippen LogP contribution in [0.5, 0.6) is 0 Å². The lowest BCUT2D eigenvalue weighted by Gasteiger charge is -2.38. The van der Waals surface area contributed by atoms with Crippen molar-refractivity contribution < 1.29 is 23.5 Å². The Hall–Kier alpha value is -1.99. The highest BCUT2D eigenvalue weighted by atomic mass is 19.1. The van der Waals surface area contributed by atoms with Crippen molar-refractivity contribution in [3.63, 3.8) is 0 Å². The van der Waals surface area contributed by atoms with Gasteiger partial charge in [0.2, 0.25) is 6.10 Å². The molecule has 2 saturated heterocycles. The molecule has 0 unspecified atom stereocenters. The van der Waals surface area contributed by atoms with Gasteiger partial charge < -0.3 is 19.2 Å². The smallest absolute Gasteiger partial charge is 0.266 e. The molecule has 0 bridgehead atoms. The van der Waals surface area contributed by atoms with Gasteiger partial charge in [-0.3, -0.25) is 4.79 Å². The summed E-state index contributed by atoms with van der Waals surface area (Å²) in [6.45, 7) is 2.39. The topological polar surface area (TPSA) is 60.4 Å². The van der Waals surface area contributed by atoms with E-state index >= 15 is 0 Å².